The first-order valence-corrected chi connectivity index (χ1v) is 12.1. The lowest BCUT2D eigenvalue weighted by atomic mass is 9.84. The van der Waals surface area contributed by atoms with Crippen LogP contribution in [0, 0.1) is 11.6 Å². The summed E-state index contributed by atoms with van der Waals surface area (Å²) in [6, 6.07) is 20.4. The van der Waals surface area contributed by atoms with Crippen molar-refractivity contribution in [3.8, 4) is 11.5 Å². The van der Waals surface area contributed by atoms with Crippen molar-refractivity contribution in [2.24, 2.45) is 0 Å². The molecule has 1 aromatic heterocycles. The summed E-state index contributed by atoms with van der Waals surface area (Å²) in [7, 11) is 3.23. The van der Waals surface area contributed by atoms with Crippen LogP contribution in [0.4, 0.5) is 8.78 Å². The number of aliphatic hydroxyl groups is 1. The molecule has 0 fully saturated rings. The second kappa shape index (κ2) is 11.6. The third-order valence-corrected chi connectivity index (χ3v) is 6.34. The molecule has 0 aliphatic carbocycles. The molecule has 0 radical (unpaired) electrons. The second-order valence-electron chi connectivity index (χ2n) is 8.85. The average Bonchev–Trinajstić information content (AvgIpc) is 3.38. The van der Waals surface area contributed by atoms with Gasteiger partial charge in [-0.3, -0.25) is 4.90 Å². The third kappa shape index (κ3) is 5.68. The number of furan rings is 1. The zero-order chi connectivity index (χ0) is 26.4. The van der Waals surface area contributed by atoms with Gasteiger partial charge in [0.2, 0.25) is 0 Å². The Morgan fingerprint density at radius 2 is 1.43 bits per heavy atom. The van der Waals surface area contributed by atoms with Crippen LogP contribution in [0.5, 0.6) is 11.5 Å². The largest absolute Gasteiger partial charge is 0.493 e. The number of halogens is 2. The van der Waals surface area contributed by atoms with Crippen molar-refractivity contribution in [2.75, 3.05) is 20.8 Å². The van der Waals surface area contributed by atoms with Crippen molar-refractivity contribution >= 4 is 0 Å². The predicted octanol–water partition coefficient (Wildman–Crippen LogP) is 6.27. The van der Waals surface area contributed by atoms with Crippen molar-refractivity contribution < 1.29 is 27.8 Å². The van der Waals surface area contributed by atoms with Crippen molar-refractivity contribution in [1.82, 2.24) is 4.90 Å². The van der Waals surface area contributed by atoms with Gasteiger partial charge in [0, 0.05) is 12.1 Å². The van der Waals surface area contributed by atoms with E-state index in [9.17, 15) is 13.9 Å². The van der Waals surface area contributed by atoms with Crippen LogP contribution in [0.15, 0.2) is 83.3 Å². The summed E-state index contributed by atoms with van der Waals surface area (Å²) >= 11 is 0. The number of ether oxygens (including phenoxy) is 2. The Morgan fingerprint density at radius 1 is 0.811 bits per heavy atom. The fourth-order valence-electron chi connectivity index (χ4n) is 4.56. The molecular formula is C30H31F2NO4. The highest BCUT2D eigenvalue weighted by atomic mass is 19.1. The molecular weight excluding hydrogens is 476 g/mol. The minimum atomic E-state index is -1.73. The van der Waals surface area contributed by atoms with E-state index < -0.39 is 17.2 Å². The highest BCUT2D eigenvalue weighted by Gasteiger charge is 2.37. The lowest BCUT2D eigenvalue weighted by Crippen LogP contribution is -2.28. The maximum absolute atomic E-state index is 13.7. The van der Waals surface area contributed by atoms with Crippen LogP contribution >= 0.6 is 0 Å². The first kappa shape index (κ1) is 26.4. The van der Waals surface area contributed by atoms with E-state index in [2.05, 4.69) is 11.8 Å². The van der Waals surface area contributed by atoms with E-state index in [1.54, 1.807) is 20.3 Å². The van der Waals surface area contributed by atoms with Crippen LogP contribution in [0.3, 0.4) is 0 Å². The Balaban J connectivity index is 1.66. The topological polar surface area (TPSA) is 55.1 Å². The minimum Gasteiger partial charge on any atom is -0.493 e. The van der Waals surface area contributed by atoms with E-state index in [0.29, 0.717) is 41.5 Å². The molecule has 4 aromatic rings. The molecule has 0 atom stereocenters. The van der Waals surface area contributed by atoms with Crippen molar-refractivity contribution in [3.05, 3.63) is 119 Å². The third-order valence-electron chi connectivity index (χ3n) is 6.34. The van der Waals surface area contributed by atoms with Gasteiger partial charge in [-0.1, -0.05) is 43.3 Å². The van der Waals surface area contributed by atoms with Crippen LogP contribution in [-0.2, 0) is 18.7 Å². The molecule has 0 saturated heterocycles. The van der Waals surface area contributed by atoms with E-state index >= 15 is 0 Å². The second-order valence-corrected chi connectivity index (χ2v) is 8.85. The molecule has 3 aromatic carbocycles. The number of hydrogen-bond donors (Lipinski definition) is 1. The maximum Gasteiger partial charge on any atom is 0.173 e. The van der Waals surface area contributed by atoms with Gasteiger partial charge in [-0.2, -0.15) is 0 Å². The zero-order valence-electron chi connectivity index (χ0n) is 21.2. The first-order chi connectivity index (χ1) is 17.9. The highest BCUT2D eigenvalue weighted by Crippen LogP contribution is 2.38. The van der Waals surface area contributed by atoms with E-state index in [1.807, 2.05) is 24.3 Å². The quantitative estimate of drug-likeness (QED) is 0.259. The molecule has 0 unspecified atom stereocenters. The van der Waals surface area contributed by atoms with Crippen LogP contribution in [0.1, 0.15) is 41.6 Å². The van der Waals surface area contributed by atoms with Crippen molar-refractivity contribution in [1.29, 1.82) is 0 Å². The standard InChI is InChI=1S/C30H31F2NO4/c1-4-18-33(19-21-6-5-7-27(35-2)29(21)36-3)20-26-16-17-28(37-26)30(34,22-8-12-24(31)13-9-22)23-10-14-25(32)15-11-23/h5-17,34H,4,18-20H2,1-3H3. The molecule has 1 heterocycles. The van der Waals surface area contributed by atoms with Gasteiger partial charge in [-0.05, 0) is 66.6 Å². The van der Waals surface area contributed by atoms with Crippen molar-refractivity contribution in [3.63, 3.8) is 0 Å². The summed E-state index contributed by atoms with van der Waals surface area (Å²) in [5.74, 6) is 1.42. The van der Waals surface area contributed by atoms with Crippen LogP contribution in [0.25, 0.3) is 0 Å². The van der Waals surface area contributed by atoms with Crippen LogP contribution in [-0.4, -0.2) is 30.8 Å². The Morgan fingerprint density at radius 3 is 1.97 bits per heavy atom. The molecule has 4 rings (SSSR count). The summed E-state index contributed by atoms with van der Waals surface area (Å²) in [5.41, 5.74) is 0.0720. The summed E-state index contributed by atoms with van der Waals surface area (Å²) in [4.78, 5) is 2.22. The molecule has 0 spiro atoms. The van der Waals surface area contributed by atoms with Gasteiger partial charge in [0.05, 0.1) is 20.8 Å². The van der Waals surface area contributed by atoms with Crippen molar-refractivity contribution in [2.45, 2.75) is 32.0 Å². The predicted molar refractivity (Wildman–Crippen MR) is 138 cm³/mol. The number of hydrogen-bond acceptors (Lipinski definition) is 5. The van der Waals surface area contributed by atoms with Gasteiger partial charge in [0.25, 0.3) is 0 Å². The Kier molecular flexibility index (Phi) is 8.26. The lowest BCUT2D eigenvalue weighted by Gasteiger charge is -2.27. The number of rotatable bonds is 11. The smallest absolute Gasteiger partial charge is 0.173 e. The molecule has 0 saturated carbocycles. The highest BCUT2D eigenvalue weighted by molar-refractivity contribution is 5.47. The molecule has 37 heavy (non-hydrogen) atoms. The number of para-hydroxylation sites is 1. The monoisotopic (exact) mass is 507 g/mol. The Bertz CT molecular complexity index is 1260. The molecule has 0 bridgehead atoms. The van der Waals surface area contributed by atoms with Gasteiger partial charge in [0.15, 0.2) is 17.1 Å². The molecule has 1 N–H and O–H groups in total. The molecule has 7 heteroatoms. The summed E-state index contributed by atoms with van der Waals surface area (Å²) in [6.07, 6.45) is 0.926. The molecule has 0 amide bonds. The summed E-state index contributed by atoms with van der Waals surface area (Å²) in [5, 5.41) is 11.9. The van der Waals surface area contributed by atoms with Crippen LogP contribution in [0.2, 0.25) is 0 Å². The first-order valence-electron chi connectivity index (χ1n) is 12.1. The fraction of sp³-hybridized carbons (Fsp3) is 0.267. The van der Waals surface area contributed by atoms with Gasteiger partial charge in [0.1, 0.15) is 23.2 Å². The Hall–Kier alpha value is -3.68. The van der Waals surface area contributed by atoms with Gasteiger partial charge < -0.3 is 19.0 Å². The van der Waals surface area contributed by atoms with Gasteiger partial charge >= 0.3 is 0 Å². The van der Waals surface area contributed by atoms with E-state index in [0.717, 1.165) is 18.5 Å². The SMILES string of the molecule is CCCN(Cc1ccc(C(O)(c2ccc(F)cc2)c2ccc(F)cc2)o1)Cc1cccc(OC)c1OC. The minimum absolute atomic E-state index is 0.260. The van der Waals surface area contributed by atoms with Gasteiger partial charge in [-0.15, -0.1) is 0 Å². The Labute approximate surface area is 215 Å². The molecule has 5 nitrogen and oxygen atoms in total. The fourth-order valence-corrected chi connectivity index (χ4v) is 4.56. The van der Waals surface area contributed by atoms with E-state index in [-0.39, 0.29) is 5.76 Å². The molecule has 0 aliphatic rings. The normalized spacial score (nSPS) is 11.6. The lowest BCUT2D eigenvalue weighted by molar-refractivity contribution is 0.0950. The maximum atomic E-state index is 13.7. The average molecular weight is 508 g/mol. The molecule has 0 aliphatic heterocycles. The van der Waals surface area contributed by atoms with E-state index in [1.165, 1.54) is 48.5 Å². The van der Waals surface area contributed by atoms with Crippen LogP contribution < -0.4 is 9.47 Å². The number of methoxy groups -OCH3 is 2. The summed E-state index contributed by atoms with van der Waals surface area (Å²) in [6.45, 7) is 3.99. The van der Waals surface area contributed by atoms with E-state index in [4.69, 9.17) is 13.9 Å². The molecule has 194 valence electrons. The zero-order valence-corrected chi connectivity index (χ0v) is 21.2. The van der Waals surface area contributed by atoms with Gasteiger partial charge in [-0.25, -0.2) is 8.78 Å². The number of nitrogens with zero attached hydrogens (tertiary/aromatic N) is 1. The summed E-state index contributed by atoms with van der Waals surface area (Å²) < 4.78 is 44.6. The number of benzene rings is 3.